The number of rotatable bonds is 19. The second-order valence-corrected chi connectivity index (χ2v) is 11.4. The van der Waals surface area contributed by atoms with Crippen LogP contribution in [-0.2, 0) is 22.4 Å². The van der Waals surface area contributed by atoms with Crippen molar-refractivity contribution < 1.29 is 27.8 Å². The predicted molar refractivity (Wildman–Crippen MR) is 160 cm³/mol. The summed E-state index contributed by atoms with van der Waals surface area (Å²) in [5.74, 6) is 0.0553. The normalized spacial score (nSPS) is 17.1. The number of nitrogens with zero attached hydrogens (tertiary/aromatic N) is 1. The van der Waals surface area contributed by atoms with E-state index in [-0.39, 0.29) is 29.7 Å². The highest BCUT2D eigenvalue weighted by Crippen LogP contribution is 2.26. The third kappa shape index (κ3) is 11.6. The van der Waals surface area contributed by atoms with Gasteiger partial charge in [0.25, 0.3) is 0 Å². The van der Waals surface area contributed by atoms with Crippen molar-refractivity contribution in [1.82, 2.24) is 4.90 Å². The molecule has 41 heavy (non-hydrogen) atoms. The van der Waals surface area contributed by atoms with Crippen molar-refractivity contribution in [1.29, 1.82) is 0 Å². The van der Waals surface area contributed by atoms with E-state index in [1.165, 1.54) is 70.3 Å². The van der Waals surface area contributed by atoms with Gasteiger partial charge in [-0.25, -0.2) is 8.78 Å². The minimum Gasteiger partial charge on any atom is -0.494 e. The molecule has 2 atom stereocenters. The first kappa shape index (κ1) is 32.8. The fourth-order valence-corrected chi connectivity index (χ4v) is 5.60. The van der Waals surface area contributed by atoms with E-state index in [0.29, 0.717) is 31.6 Å². The van der Waals surface area contributed by atoms with Crippen molar-refractivity contribution in [2.75, 3.05) is 27.3 Å². The number of benzene rings is 2. The Kier molecular flexibility index (Phi) is 14.4. The van der Waals surface area contributed by atoms with Crippen molar-refractivity contribution in [3.63, 3.8) is 0 Å². The van der Waals surface area contributed by atoms with Crippen LogP contribution in [-0.4, -0.2) is 50.3 Å². The van der Waals surface area contributed by atoms with Crippen molar-refractivity contribution in [2.24, 2.45) is 0 Å². The Morgan fingerprint density at radius 1 is 0.927 bits per heavy atom. The first-order chi connectivity index (χ1) is 19.9. The van der Waals surface area contributed by atoms with Gasteiger partial charge in [0.1, 0.15) is 17.7 Å². The van der Waals surface area contributed by atoms with E-state index in [1.807, 2.05) is 0 Å². The molecule has 228 valence electrons. The summed E-state index contributed by atoms with van der Waals surface area (Å²) >= 11 is 0. The number of hydrogen-bond acceptors (Lipinski definition) is 5. The number of halogens is 2. The fraction of sp³-hybridized carbons (Fsp3) is 0.618. The molecule has 2 aromatic rings. The monoisotopic (exact) mass is 573 g/mol. The van der Waals surface area contributed by atoms with Crippen molar-refractivity contribution >= 4 is 5.97 Å². The summed E-state index contributed by atoms with van der Waals surface area (Å²) in [6, 6.07) is 9.61. The Bertz CT molecular complexity index is 1060. The largest absolute Gasteiger partial charge is 0.494 e. The number of likely N-dealkylation sites (tertiary alicyclic amines) is 1. The third-order valence-corrected chi connectivity index (χ3v) is 8.06. The van der Waals surface area contributed by atoms with Crippen LogP contribution in [0, 0.1) is 11.6 Å². The van der Waals surface area contributed by atoms with E-state index < -0.39 is 5.82 Å². The number of unbranched alkanes of at least 4 members (excludes halogenated alkanes) is 8. The van der Waals surface area contributed by atoms with Gasteiger partial charge in [0.2, 0.25) is 0 Å². The maximum absolute atomic E-state index is 14.0. The van der Waals surface area contributed by atoms with Crippen LogP contribution in [0.25, 0.3) is 0 Å². The van der Waals surface area contributed by atoms with E-state index >= 15 is 0 Å². The summed E-state index contributed by atoms with van der Waals surface area (Å²) < 4.78 is 44.7. The molecule has 1 fully saturated rings. The number of likely N-dealkylation sites (N-methyl/N-ethyl adjacent to an activating group) is 1. The molecule has 0 spiro atoms. The standard InChI is InChI=1S/C34H49F2NO4/c1-4-5-6-7-8-9-10-11-12-13-34(38)41-30-24-29(37(2)25-30)20-21-40-32-19-17-28(35)23-27(32)16-14-26-15-18-31(36)33(22-26)39-3/h15,17-19,22-23,29-30H,4-14,16,20-21,24-25H2,1-3H3/t29-,30-/m1/s1. The summed E-state index contributed by atoms with van der Waals surface area (Å²) in [6.07, 6.45) is 14.2. The number of esters is 1. The predicted octanol–water partition coefficient (Wildman–Crippen LogP) is 8.06. The molecular formula is C34H49F2NO4. The van der Waals surface area contributed by atoms with Crippen LogP contribution in [0.1, 0.15) is 95.1 Å². The van der Waals surface area contributed by atoms with Crippen LogP contribution < -0.4 is 9.47 Å². The van der Waals surface area contributed by atoms with Gasteiger partial charge >= 0.3 is 5.97 Å². The highest BCUT2D eigenvalue weighted by atomic mass is 19.1. The molecule has 1 aliphatic rings. The molecule has 0 aliphatic carbocycles. The number of methoxy groups -OCH3 is 1. The highest BCUT2D eigenvalue weighted by molar-refractivity contribution is 5.69. The number of aryl methyl sites for hydroxylation is 2. The SMILES string of the molecule is CCCCCCCCCCCC(=O)O[C@@H]1C[C@@H](CCOc2ccc(F)cc2CCc2ccc(F)c(OC)c2)N(C)C1. The average Bonchev–Trinajstić information content (AvgIpc) is 3.30. The van der Waals surface area contributed by atoms with Crippen molar-refractivity contribution in [3.8, 4) is 11.5 Å². The molecule has 1 heterocycles. The van der Waals surface area contributed by atoms with Gasteiger partial charge in [0, 0.05) is 25.4 Å². The van der Waals surface area contributed by atoms with E-state index in [9.17, 15) is 13.6 Å². The summed E-state index contributed by atoms with van der Waals surface area (Å²) in [6.45, 7) is 3.45. The number of hydrogen-bond donors (Lipinski definition) is 0. The molecule has 0 aromatic heterocycles. The quantitative estimate of drug-likeness (QED) is 0.126. The molecule has 5 nitrogen and oxygen atoms in total. The minimum absolute atomic E-state index is 0.0786. The maximum atomic E-state index is 14.0. The van der Waals surface area contributed by atoms with Crippen LogP contribution >= 0.6 is 0 Å². The lowest BCUT2D eigenvalue weighted by Crippen LogP contribution is -2.27. The van der Waals surface area contributed by atoms with Gasteiger partial charge in [-0.05, 0) is 74.2 Å². The lowest BCUT2D eigenvalue weighted by Gasteiger charge is -2.19. The topological polar surface area (TPSA) is 48.0 Å². The smallest absolute Gasteiger partial charge is 0.306 e. The Morgan fingerprint density at radius 2 is 1.66 bits per heavy atom. The average molecular weight is 574 g/mol. The summed E-state index contributed by atoms with van der Waals surface area (Å²) in [7, 11) is 3.49. The van der Waals surface area contributed by atoms with Gasteiger partial charge in [-0.15, -0.1) is 0 Å². The van der Waals surface area contributed by atoms with Crippen LogP contribution in [0.3, 0.4) is 0 Å². The Morgan fingerprint density at radius 3 is 2.39 bits per heavy atom. The first-order valence-corrected chi connectivity index (χ1v) is 15.5. The van der Waals surface area contributed by atoms with Gasteiger partial charge in [-0.1, -0.05) is 64.4 Å². The molecule has 0 saturated carbocycles. The second-order valence-electron chi connectivity index (χ2n) is 11.4. The van der Waals surface area contributed by atoms with Gasteiger partial charge in [0.05, 0.1) is 13.7 Å². The van der Waals surface area contributed by atoms with Crippen LogP contribution in [0.5, 0.6) is 11.5 Å². The number of carbonyl (C=O) groups excluding carboxylic acids is 1. The zero-order valence-corrected chi connectivity index (χ0v) is 25.3. The summed E-state index contributed by atoms with van der Waals surface area (Å²) in [4.78, 5) is 14.6. The Balaban J connectivity index is 1.36. The van der Waals surface area contributed by atoms with Crippen LogP contribution in [0.15, 0.2) is 36.4 Å². The van der Waals surface area contributed by atoms with E-state index in [2.05, 4.69) is 18.9 Å². The highest BCUT2D eigenvalue weighted by Gasteiger charge is 2.31. The zero-order chi connectivity index (χ0) is 29.5. The molecule has 0 unspecified atom stereocenters. The van der Waals surface area contributed by atoms with Crippen LogP contribution in [0.4, 0.5) is 8.78 Å². The summed E-state index contributed by atoms with van der Waals surface area (Å²) in [5, 5.41) is 0. The number of ether oxygens (including phenoxy) is 3. The molecule has 2 aromatic carbocycles. The maximum Gasteiger partial charge on any atom is 0.306 e. The summed E-state index contributed by atoms with van der Waals surface area (Å²) in [5.41, 5.74) is 1.68. The number of carbonyl (C=O) groups is 1. The fourth-order valence-electron chi connectivity index (χ4n) is 5.60. The van der Waals surface area contributed by atoms with E-state index in [0.717, 1.165) is 43.4 Å². The minimum atomic E-state index is -0.404. The van der Waals surface area contributed by atoms with Gasteiger partial charge in [-0.3, -0.25) is 9.69 Å². The molecular weight excluding hydrogens is 524 g/mol. The second kappa shape index (κ2) is 18.0. The van der Waals surface area contributed by atoms with E-state index in [4.69, 9.17) is 14.2 Å². The van der Waals surface area contributed by atoms with E-state index in [1.54, 1.807) is 18.2 Å². The molecule has 1 aliphatic heterocycles. The van der Waals surface area contributed by atoms with Crippen LogP contribution in [0.2, 0.25) is 0 Å². The van der Waals surface area contributed by atoms with Crippen molar-refractivity contribution in [2.45, 2.75) is 109 Å². The third-order valence-electron chi connectivity index (χ3n) is 8.06. The lowest BCUT2D eigenvalue weighted by atomic mass is 10.0. The van der Waals surface area contributed by atoms with Gasteiger partial charge in [0.15, 0.2) is 11.6 Å². The Labute approximate surface area is 245 Å². The molecule has 0 radical (unpaired) electrons. The first-order valence-electron chi connectivity index (χ1n) is 15.5. The molecule has 7 heteroatoms. The molecule has 0 amide bonds. The molecule has 1 saturated heterocycles. The van der Waals surface area contributed by atoms with Gasteiger partial charge < -0.3 is 14.2 Å². The molecule has 0 N–H and O–H groups in total. The lowest BCUT2D eigenvalue weighted by molar-refractivity contribution is -0.148. The molecule has 3 rings (SSSR count). The zero-order valence-electron chi connectivity index (χ0n) is 25.3. The van der Waals surface area contributed by atoms with Crippen molar-refractivity contribution in [3.05, 3.63) is 59.2 Å². The Hall–Kier alpha value is -2.67. The molecule has 0 bridgehead atoms. The van der Waals surface area contributed by atoms with Gasteiger partial charge in [-0.2, -0.15) is 0 Å².